The van der Waals surface area contributed by atoms with Crippen LogP contribution in [-0.4, -0.2) is 50.3 Å². The highest BCUT2D eigenvalue weighted by atomic mass is 32.2. The molecule has 0 unspecified atom stereocenters. The lowest BCUT2D eigenvalue weighted by Gasteiger charge is -2.22. The summed E-state index contributed by atoms with van der Waals surface area (Å²) >= 11 is 1.99. The van der Waals surface area contributed by atoms with E-state index in [4.69, 9.17) is 4.74 Å². The van der Waals surface area contributed by atoms with Gasteiger partial charge in [-0.1, -0.05) is 0 Å². The van der Waals surface area contributed by atoms with Gasteiger partial charge in [0.15, 0.2) is 0 Å². The summed E-state index contributed by atoms with van der Waals surface area (Å²) in [7, 11) is 1.63. The fourth-order valence-electron chi connectivity index (χ4n) is 1.49. The zero-order valence-electron chi connectivity index (χ0n) is 9.25. The minimum atomic E-state index is 0.0604. The van der Waals surface area contributed by atoms with Crippen molar-refractivity contribution in [1.29, 1.82) is 0 Å². The van der Waals surface area contributed by atoms with E-state index in [1.165, 1.54) is 24.3 Å². The lowest BCUT2D eigenvalue weighted by Crippen LogP contribution is -2.41. The van der Waals surface area contributed by atoms with Crippen LogP contribution in [0.25, 0.3) is 0 Å². The molecule has 1 fully saturated rings. The van der Waals surface area contributed by atoms with E-state index in [1.807, 2.05) is 11.8 Å². The molecule has 0 atom stereocenters. The second kappa shape index (κ2) is 7.96. The maximum atomic E-state index is 11.3. The average molecular weight is 232 g/mol. The monoisotopic (exact) mass is 232 g/mol. The quantitative estimate of drug-likeness (QED) is 0.644. The number of ether oxygens (including phenoxy) is 1. The van der Waals surface area contributed by atoms with Crippen LogP contribution in [0, 0.1) is 0 Å². The number of hydrogen-bond donors (Lipinski definition) is 2. The molecule has 0 radical (unpaired) electrons. The van der Waals surface area contributed by atoms with E-state index in [0.29, 0.717) is 25.7 Å². The third kappa shape index (κ3) is 6.02. The minimum absolute atomic E-state index is 0.0604. The van der Waals surface area contributed by atoms with E-state index in [2.05, 4.69) is 10.6 Å². The maximum absolute atomic E-state index is 11.3. The Bertz CT molecular complexity index is 184. The van der Waals surface area contributed by atoms with Gasteiger partial charge >= 0.3 is 0 Å². The molecule has 0 spiro atoms. The lowest BCUT2D eigenvalue weighted by molar-refractivity contribution is -0.120. The topological polar surface area (TPSA) is 50.4 Å². The Morgan fingerprint density at radius 3 is 2.87 bits per heavy atom. The lowest BCUT2D eigenvalue weighted by atomic mass is 10.1. The van der Waals surface area contributed by atoms with Gasteiger partial charge in [-0.05, 0) is 24.3 Å². The third-order valence-electron chi connectivity index (χ3n) is 2.40. The molecule has 0 aromatic rings. The summed E-state index contributed by atoms with van der Waals surface area (Å²) in [5.74, 6) is 2.48. The van der Waals surface area contributed by atoms with Gasteiger partial charge in [-0.2, -0.15) is 11.8 Å². The summed E-state index contributed by atoms with van der Waals surface area (Å²) in [6.07, 6.45) is 2.35. The Morgan fingerprint density at radius 2 is 2.20 bits per heavy atom. The van der Waals surface area contributed by atoms with Crippen LogP contribution in [0.2, 0.25) is 0 Å². The highest BCUT2D eigenvalue weighted by molar-refractivity contribution is 7.99. The molecule has 15 heavy (non-hydrogen) atoms. The molecule has 5 heteroatoms. The van der Waals surface area contributed by atoms with Crippen LogP contribution in [0.1, 0.15) is 12.8 Å². The molecule has 1 saturated heterocycles. The summed E-state index contributed by atoms with van der Waals surface area (Å²) in [6, 6.07) is 0.527. The summed E-state index contributed by atoms with van der Waals surface area (Å²) < 4.78 is 4.85. The number of rotatable bonds is 6. The van der Waals surface area contributed by atoms with Crippen molar-refractivity contribution in [3.05, 3.63) is 0 Å². The minimum Gasteiger partial charge on any atom is -0.383 e. The van der Waals surface area contributed by atoms with Crippen LogP contribution in [-0.2, 0) is 9.53 Å². The summed E-state index contributed by atoms with van der Waals surface area (Å²) in [5, 5.41) is 6.07. The van der Waals surface area contributed by atoms with Crippen LogP contribution < -0.4 is 10.6 Å². The molecule has 1 amide bonds. The van der Waals surface area contributed by atoms with Gasteiger partial charge in [0, 0.05) is 19.7 Å². The first-order valence-corrected chi connectivity index (χ1v) is 6.55. The highest BCUT2D eigenvalue weighted by Crippen LogP contribution is 2.16. The van der Waals surface area contributed by atoms with Crippen molar-refractivity contribution in [2.75, 3.05) is 38.3 Å². The first kappa shape index (κ1) is 12.8. The van der Waals surface area contributed by atoms with Gasteiger partial charge in [0.2, 0.25) is 5.91 Å². The first-order valence-electron chi connectivity index (χ1n) is 5.39. The van der Waals surface area contributed by atoms with Crippen molar-refractivity contribution in [3.8, 4) is 0 Å². The fourth-order valence-corrected chi connectivity index (χ4v) is 2.60. The van der Waals surface area contributed by atoms with E-state index < -0.39 is 0 Å². The van der Waals surface area contributed by atoms with Crippen molar-refractivity contribution in [2.24, 2.45) is 0 Å². The number of nitrogens with one attached hydrogen (secondary N) is 2. The molecule has 88 valence electrons. The predicted molar refractivity (Wildman–Crippen MR) is 63.2 cm³/mol. The molecule has 1 aliphatic heterocycles. The molecule has 0 aromatic carbocycles. The zero-order chi connectivity index (χ0) is 10.9. The molecule has 0 aromatic heterocycles. The van der Waals surface area contributed by atoms with Crippen molar-refractivity contribution in [3.63, 3.8) is 0 Å². The molecule has 0 aliphatic carbocycles. The largest absolute Gasteiger partial charge is 0.383 e. The first-order chi connectivity index (χ1) is 7.33. The van der Waals surface area contributed by atoms with Crippen molar-refractivity contribution in [2.45, 2.75) is 18.9 Å². The Kier molecular flexibility index (Phi) is 6.80. The smallest absolute Gasteiger partial charge is 0.234 e. The van der Waals surface area contributed by atoms with E-state index in [9.17, 15) is 4.79 Å². The molecule has 0 saturated carbocycles. The molecular weight excluding hydrogens is 212 g/mol. The third-order valence-corrected chi connectivity index (χ3v) is 3.45. The van der Waals surface area contributed by atoms with Gasteiger partial charge in [-0.3, -0.25) is 4.79 Å². The molecular formula is C10H20N2O2S. The van der Waals surface area contributed by atoms with E-state index >= 15 is 0 Å². The van der Waals surface area contributed by atoms with Gasteiger partial charge in [0.05, 0.1) is 13.2 Å². The van der Waals surface area contributed by atoms with Gasteiger partial charge < -0.3 is 15.4 Å². The van der Waals surface area contributed by atoms with Crippen molar-refractivity contribution in [1.82, 2.24) is 10.6 Å². The number of amides is 1. The Hall–Kier alpha value is -0.260. The maximum Gasteiger partial charge on any atom is 0.234 e. The van der Waals surface area contributed by atoms with Crippen LogP contribution in [0.4, 0.5) is 0 Å². The Balaban J connectivity index is 2.00. The van der Waals surface area contributed by atoms with Crippen molar-refractivity contribution < 1.29 is 9.53 Å². The number of carbonyl (C=O) groups is 1. The molecule has 2 N–H and O–H groups in total. The van der Waals surface area contributed by atoms with Gasteiger partial charge in [-0.15, -0.1) is 0 Å². The average Bonchev–Trinajstić information content (AvgIpc) is 2.28. The Labute approximate surface area is 95.5 Å². The van der Waals surface area contributed by atoms with Gasteiger partial charge in [0.25, 0.3) is 0 Å². The van der Waals surface area contributed by atoms with Crippen LogP contribution in [0.5, 0.6) is 0 Å². The number of hydrogen-bond acceptors (Lipinski definition) is 4. The number of methoxy groups -OCH3 is 1. The molecule has 4 nitrogen and oxygen atoms in total. The number of thioether (sulfide) groups is 1. The number of carbonyl (C=O) groups excluding carboxylic acids is 1. The Morgan fingerprint density at radius 1 is 1.47 bits per heavy atom. The second-order valence-electron chi connectivity index (χ2n) is 3.61. The zero-order valence-corrected chi connectivity index (χ0v) is 10.1. The fraction of sp³-hybridized carbons (Fsp3) is 0.900. The van der Waals surface area contributed by atoms with Crippen LogP contribution in [0.15, 0.2) is 0 Å². The van der Waals surface area contributed by atoms with Gasteiger partial charge in [-0.25, -0.2) is 0 Å². The summed E-state index contributed by atoms with van der Waals surface area (Å²) in [5.41, 5.74) is 0. The molecule has 1 rings (SSSR count). The standard InChI is InChI=1S/C10H20N2O2S/c1-14-5-4-11-10(13)8-12-9-2-6-15-7-3-9/h9,12H,2-8H2,1H3,(H,11,13). The van der Waals surface area contributed by atoms with Crippen LogP contribution >= 0.6 is 11.8 Å². The van der Waals surface area contributed by atoms with E-state index in [0.717, 1.165) is 0 Å². The van der Waals surface area contributed by atoms with E-state index in [1.54, 1.807) is 7.11 Å². The van der Waals surface area contributed by atoms with E-state index in [-0.39, 0.29) is 5.91 Å². The molecule has 1 aliphatic rings. The summed E-state index contributed by atoms with van der Waals surface area (Å²) in [4.78, 5) is 11.3. The normalized spacial score (nSPS) is 17.7. The highest BCUT2D eigenvalue weighted by Gasteiger charge is 2.13. The van der Waals surface area contributed by atoms with Crippen LogP contribution in [0.3, 0.4) is 0 Å². The van der Waals surface area contributed by atoms with Gasteiger partial charge in [0.1, 0.15) is 0 Å². The SMILES string of the molecule is COCCNC(=O)CNC1CCSCC1. The predicted octanol–water partition coefficient (Wildman–Crippen LogP) is 0.234. The van der Waals surface area contributed by atoms with Crippen molar-refractivity contribution >= 4 is 17.7 Å². The second-order valence-corrected chi connectivity index (χ2v) is 4.84. The molecule has 1 heterocycles. The molecule has 0 bridgehead atoms. The summed E-state index contributed by atoms with van der Waals surface area (Å²) in [6.45, 7) is 1.60.